The molecule has 0 radical (unpaired) electrons. The van der Waals surface area contributed by atoms with Crippen LogP contribution in [0.2, 0.25) is 0 Å². The Morgan fingerprint density at radius 2 is 2.05 bits per heavy atom. The Balaban J connectivity index is 1.88. The van der Waals surface area contributed by atoms with Crippen LogP contribution in [-0.4, -0.2) is 39.5 Å². The third kappa shape index (κ3) is 2.77. The third-order valence-electron chi connectivity index (χ3n) is 4.62. The van der Waals surface area contributed by atoms with Crippen molar-refractivity contribution in [1.29, 1.82) is 0 Å². The summed E-state index contributed by atoms with van der Waals surface area (Å²) in [6.07, 6.45) is 5.26. The minimum atomic E-state index is -0.913. The number of fused-ring (bicyclic) bond motifs is 1. The SMILES string of the molecule is O=C(O)CC1CCCN1C(=O)c1cc2c([nH]c1=O)CCCC2. The number of likely N-dealkylation sites (tertiary alicyclic amines) is 1. The molecule has 1 aliphatic carbocycles. The number of aromatic amines is 1. The van der Waals surface area contributed by atoms with Crippen molar-refractivity contribution in [3.63, 3.8) is 0 Å². The van der Waals surface area contributed by atoms with Gasteiger partial charge in [-0.3, -0.25) is 14.4 Å². The fourth-order valence-corrected chi connectivity index (χ4v) is 3.51. The van der Waals surface area contributed by atoms with Crippen LogP contribution in [0.15, 0.2) is 10.9 Å². The van der Waals surface area contributed by atoms with Crippen molar-refractivity contribution in [2.75, 3.05) is 6.54 Å². The lowest BCUT2D eigenvalue weighted by atomic mass is 9.95. The molecule has 2 heterocycles. The van der Waals surface area contributed by atoms with E-state index >= 15 is 0 Å². The summed E-state index contributed by atoms with van der Waals surface area (Å²) in [5, 5.41) is 8.95. The number of carbonyl (C=O) groups is 2. The fourth-order valence-electron chi connectivity index (χ4n) is 3.51. The van der Waals surface area contributed by atoms with Crippen LogP contribution in [0.4, 0.5) is 0 Å². The molecule has 1 aliphatic heterocycles. The fraction of sp³-hybridized carbons (Fsp3) is 0.562. The quantitative estimate of drug-likeness (QED) is 0.881. The number of carboxylic acids is 1. The van der Waals surface area contributed by atoms with Crippen molar-refractivity contribution in [3.05, 3.63) is 33.2 Å². The van der Waals surface area contributed by atoms with Gasteiger partial charge in [0.1, 0.15) is 5.56 Å². The van der Waals surface area contributed by atoms with Gasteiger partial charge in [0.15, 0.2) is 0 Å². The molecule has 0 aromatic carbocycles. The van der Waals surface area contributed by atoms with Crippen LogP contribution in [0.25, 0.3) is 0 Å². The molecule has 0 bridgehead atoms. The standard InChI is InChI=1S/C16H20N2O4/c19-14(20)9-11-5-3-7-18(11)16(22)12-8-10-4-1-2-6-13(10)17-15(12)21/h8,11H,1-7,9H2,(H,17,21)(H,19,20). The Kier molecular flexibility index (Phi) is 4.00. The molecular formula is C16H20N2O4. The molecule has 0 spiro atoms. The van der Waals surface area contributed by atoms with E-state index in [1.165, 1.54) is 0 Å². The number of aromatic nitrogens is 1. The number of aryl methyl sites for hydroxylation is 2. The van der Waals surface area contributed by atoms with Crippen LogP contribution in [0.3, 0.4) is 0 Å². The molecule has 1 saturated heterocycles. The van der Waals surface area contributed by atoms with Gasteiger partial charge in [0, 0.05) is 18.3 Å². The molecule has 1 atom stereocenters. The highest BCUT2D eigenvalue weighted by Crippen LogP contribution is 2.23. The van der Waals surface area contributed by atoms with E-state index in [0.29, 0.717) is 13.0 Å². The lowest BCUT2D eigenvalue weighted by molar-refractivity contribution is -0.137. The maximum Gasteiger partial charge on any atom is 0.305 e. The Hall–Kier alpha value is -2.11. The minimum Gasteiger partial charge on any atom is -0.481 e. The Morgan fingerprint density at radius 1 is 1.27 bits per heavy atom. The molecule has 0 saturated carbocycles. The number of amides is 1. The van der Waals surface area contributed by atoms with Crippen molar-refractivity contribution in [2.45, 2.75) is 51.0 Å². The van der Waals surface area contributed by atoms with E-state index in [1.807, 2.05) is 0 Å². The first-order chi connectivity index (χ1) is 10.6. The minimum absolute atomic E-state index is 0.0609. The third-order valence-corrected chi connectivity index (χ3v) is 4.62. The zero-order chi connectivity index (χ0) is 15.7. The molecule has 2 N–H and O–H groups in total. The highest BCUT2D eigenvalue weighted by molar-refractivity contribution is 5.94. The predicted octanol–water partition coefficient (Wildman–Crippen LogP) is 1.33. The number of carboxylic acid groups (broad SMARTS) is 1. The number of H-pyrrole nitrogens is 1. The lowest BCUT2D eigenvalue weighted by Gasteiger charge is -2.24. The Morgan fingerprint density at radius 3 is 2.82 bits per heavy atom. The summed E-state index contributed by atoms with van der Waals surface area (Å²) < 4.78 is 0. The Labute approximate surface area is 128 Å². The molecule has 118 valence electrons. The zero-order valence-electron chi connectivity index (χ0n) is 12.4. The average Bonchev–Trinajstić information content (AvgIpc) is 2.93. The van der Waals surface area contributed by atoms with E-state index in [-0.39, 0.29) is 29.5 Å². The molecule has 1 unspecified atom stereocenters. The van der Waals surface area contributed by atoms with Crippen molar-refractivity contribution >= 4 is 11.9 Å². The number of hydrogen-bond donors (Lipinski definition) is 2. The average molecular weight is 304 g/mol. The molecule has 1 amide bonds. The highest BCUT2D eigenvalue weighted by atomic mass is 16.4. The van der Waals surface area contributed by atoms with Gasteiger partial charge in [-0.05, 0) is 50.2 Å². The van der Waals surface area contributed by atoms with Crippen LogP contribution < -0.4 is 5.56 Å². The molecule has 1 aromatic rings. The smallest absolute Gasteiger partial charge is 0.305 e. The van der Waals surface area contributed by atoms with Gasteiger partial charge in [0.2, 0.25) is 0 Å². The summed E-state index contributed by atoms with van der Waals surface area (Å²) in [6, 6.07) is 1.41. The second-order valence-electron chi connectivity index (χ2n) is 6.12. The number of nitrogens with one attached hydrogen (secondary N) is 1. The van der Waals surface area contributed by atoms with E-state index in [4.69, 9.17) is 5.11 Å². The summed E-state index contributed by atoms with van der Waals surface area (Å²) in [5.41, 5.74) is 1.78. The molecule has 1 fully saturated rings. The van der Waals surface area contributed by atoms with Crippen LogP contribution >= 0.6 is 0 Å². The number of nitrogens with zero attached hydrogens (tertiary/aromatic N) is 1. The van der Waals surface area contributed by atoms with Gasteiger partial charge < -0.3 is 15.0 Å². The topological polar surface area (TPSA) is 90.5 Å². The van der Waals surface area contributed by atoms with E-state index in [0.717, 1.165) is 43.4 Å². The summed E-state index contributed by atoms with van der Waals surface area (Å²) in [6.45, 7) is 0.521. The number of hydrogen-bond acceptors (Lipinski definition) is 3. The first kappa shape index (κ1) is 14.8. The summed E-state index contributed by atoms with van der Waals surface area (Å²) in [7, 11) is 0. The van der Waals surface area contributed by atoms with Gasteiger partial charge in [0.25, 0.3) is 11.5 Å². The molecular weight excluding hydrogens is 284 g/mol. The number of pyridine rings is 1. The summed E-state index contributed by atoms with van der Waals surface area (Å²) >= 11 is 0. The van der Waals surface area contributed by atoms with Gasteiger partial charge in [-0.15, -0.1) is 0 Å². The summed E-state index contributed by atoms with van der Waals surface area (Å²) in [5.74, 6) is -1.25. The van der Waals surface area contributed by atoms with E-state index in [2.05, 4.69) is 4.98 Å². The molecule has 1 aromatic heterocycles. The number of carbonyl (C=O) groups excluding carboxylic acids is 1. The zero-order valence-corrected chi connectivity index (χ0v) is 12.4. The first-order valence-corrected chi connectivity index (χ1v) is 7.84. The van der Waals surface area contributed by atoms with Crippen molar-refractivity contribution < 1.29 is 14.7 Å². The number of aliphatic carboxylic acids is 1. The predicted molar refractivity (Wildman–Crippen MR) is 80.0 cm³/mol. The normalized spacial score (nSPS) is 20.7. The van der Waals surface area contributed by atoms with E-state index < -0.39 is 5.97 Å². The van der Waals surface area contributed by atoms with Gasteiger partial charge in [0.05, 0.1) is 6.42 Å². The van der Waals surface area contributed by atoms with Crippen molar-refractivity contribution in [1.82, 2.24) is 9.88 Å². The first-order valence-electron chi connectivity index (χ1n) is 7.84. The highest BCUT2D eigenvalue weighted by Gasteiger charge is 2.32. The molecule has 3 rings (SSSR count). The van der Waals surface area contributed by atoms with Gasteiger partial charge in [-0.1, -0.05) is 0 Å². The van der Waals surface area contributed by atoms with Crippen molar-refractivity contribution in [3.8, 4) is 0 Å². The van der Waals surface area contributed by atoms with Crippen LogP contribution in [0.5, 0.6) is 0 Å². The maximum absolute atomic E-state index is 12.7. The van der Waals surface area contributed by atoms with E-state index in [1.54, 1.807) is 11.0 Å². The van der Waals surface area contributed by atoms with Crippen molar-refractivity contribution in [2.24, 2.45) is 0 Å². The lowest BCUT2D eigenvalue weighted by Crippen LogP contribution is -2.39. The summed E-state index contributed by atoms with van der Waals surface area (Å²) in [4.78, 5) is 40.2. The van der Waals surface area contributed by atoms with Crippen LogP contribution in [0, 0.1) is 0 Å². The van der Waals surface area contributed by atoms with Crippen LogP contribution in [0.1, 0.15) is 53.7 Å². The second-order valence-corrected chi connectivity index (χ2v) is 6.12. The molecule has 6 nitrogen and oxygen atoms in total. The number of rotatable bonds is 3. The molecule has 22 heavy (non-hydrogen) atoms. The van der Waals surface area contributed by atoms with Gasteiger partial charge >= 0.3 is 5.97 Å². The van der Waals surface area contributed by atoms with Gasteiger partial charge in [-0.2, -0.15) is 0 Å². The monoisotopic (exact) mass is 304 g/mol. The Bertz CT molecular complexity index is 665. The van der Waals surface area contributed by atoms with Gasteiger partial charge in [-0.25, -0.2) is 0 Å². The van der Waals surface area contributed by atoms with E-state index in [9.17, 15) is 14.4 Å². The molecule has 6 heteroatoms. The maximum atomic E-state index is 12.7. The molecule has 2 aliphatic rings. The van der Waals surface area contributed by atoms with Crippen LogP contribution in [-0.2, 0) is 17.6 Å². The second kappa shape index (κ2) is 5.94. The largest absolute Gasteiger partial charge is 0.481 e.